The number of thiophene rings is 1. The first-order valence-corrected chi connectivity index (χ1v) is 13.4. The van der Waals surface area contributed by atoms with E-state index in [2.05, 4.69) is 17.4 Å². The smallest absolute Gasteiger partial charge is 0.322 e. The molecule has 0 bridgehead atoms. The van der Waals surface area contributed by atoms with E-state index in [9.17, 15) is 9.59 Å². The lowest BCUT2D eigenvalue weighted by molar-refractivity contribution is -0.133. The highest BCUT2D eigenvalue weighted by atomic mass is 32.1. The Morgan fingerprint density at radius 2 is 1.71 bits per heavy atom. The third kappa shape index (κ3) is 6.95. The Balaban J connectivity index is 1.54. The van der Waals surface area contributed by atoms with Gasteiger partial charge in [0.15, 0.2) is 0 Å². The van der Waals surface area contributed by atoms with Crippen LogP contribution in [0.2, 0.25) is 0 Å². The summed E-state index contributed by atoms with van der Waals surface area (Å²) in [6.07, 6.45) is 5.26. The van der Waals surface area contributed by atoms with Gasteiger partial charge in [0.25, 0.3) is 0 Å². The normalized spacial score (nSPS) is 13.9. The number of urea groups is 1. The van der Waals surface area contributed by atoms with Crippen LogP contribution >= 0.6 is 11.3 Å². The molecule has 1 aliphatic rings. The van der Waals surface area contributed by atoms with Crippen molar-refractivity contribution in [2.24, 2.45) is 0 Å². The van der Waals surface area contributed by atoms with E-state index in [1.54, 1.807) is 16.2 Å². The van der Waals surface area contributed by atoms with Gasteiger partial charge in [-0.2, -0.15) is 0 Å². The quantitative estimate of drug-likeness (QED) is 0.380. The number of nitrogens with one attached hydrogen (secondary N) is 1. The summed E-state index contributed by atoms with van der Waals surface area (Å²) in [5.74, 6) is -0.0244. The summed E-state index contributed by atoms with van der Waals surface area (Å²) in [5.41, 5.74) is 4.07. The molecular formula is C29H35N3O2S. The Labute approximate surface area is 212 Å². The molecule has 2 aromatic carbocycles. The van der Waals surface area contributed by atoms with Gasteiger partial charge in [-0.3, -0.25) is 4.79 Å². The van der Waals surface area contributed by atoms with Gasteiger partial charge in [0.1, 0.15) is 6.54 Å². The summed E-state index contributed by atoms with van der Waals surface area (Å²) in [7, 11) is 0. The summed E-state index contributed by atoms with van der Waals surface area (Å²) < 4.78 is 0. The van der Waals surface area contributed by atoms with E-state index >= 15 is 0 Å². The van der Waals surface area contributed by atoms with E-state index in [1.807, 2.05) is 72.7 Å². The Morgan fingerprint density at radius 3 is 2.40 bits per heavy atom. The van der Waals surface area contributed by atoms with Crippen LogP contribution in [0.5, 0.6) is 0 Å². The molecule has 0 aliphatic heterocycles. The number of aryl methyl sites for hydroxylation is 2. The van der Waals surface area contributed by atoms with Crippen molar-refractivity contribution < 1.29 is 9.59 Å². The van der Waals surface area contributed by atoms with Gasteiger partial charge in [-0.25, -0.2) is 4.79 Å². The van der Waals surface area contributed by atoms with E-state index in [-0.39, 0.29) is 24.5 Å². The number of benzene rings is 2. The highest BCUT2D eigenvalue weighted by Gasteiger charge is 2.29. The average molecular weight is 490 g/mol. The van der Waals surface area contributed by atoms with Gasteiger partial charge in [-0.15, -0.1) is 11.3 Å². The number of nitrogens with zero attached hydrogens (tertiary/aromatic N) is 2. The third-order valence-electron chi connectivity index (χ3n) is 6.70. The molecule has 184 valence electrons. The Hall–Kier alpha value is -3.12. The number of hydrogen-bond acceptors (Lipinski definition) is 3. The second-order valence-electron chi connectivity index (χ2n) is 9.48. The van der Waals surface area contributed by atoms with Crippen LogP contribution in [-0.4, -0.2) is 34.3 Å². The van der Waals surface area contributed by atoms with Crippen LogP contribution in [0.15, 0.2) is 66.0 Å². The zero-order valence-electron chi connectivity index (χ0n) is 20.7. The summed E-state index contributed by atoms with van der Waals surface area (Å²) >= 11 is 1.65. The third-order valence-corrected chi connectivity index (χ3v) is 7.56. The molecule has 0 radical (unpaired) electrons. The minimum absolute atomic E-state index is 0.0244. The minimum Gasteiger partial charge on any atom is -0.332 e. The van der Waals surface area contributed by atoms with E-state index in [1.165, 1.54) is 6.42 Å². The highest BCUT2D eigenvalue weighted by molar-refractivity contribution is 7.09. The Bertz CT molecular complexity index is 1110. The molecule has 6 heteroatoms. The van der Waals surface area contributed by atoms with Crippen molar-refractivity contribution in [1.82, 2.24) is 9.80 Å². The van der Waals surface area contributed by atoms with E-state index in [0.29, 0.717) is 13.1 Å². The van der Waals surface area contributed by atoms with Crippen LogP contribution < -0.4 is 5.32 Å². The molecule has 1 saturated carbocycles. The maximum atomic E-state index is 13.7. The second-order valence-corrected chi connectivity index (χ2v) is 10.5. The molecule has 1 aromatic heterocycles. The highest BCUT2D eigenvalue weighted by Crippen LogP contribution is 2.25. The van der Waals surface area contributed by atoms with Gasteiger partial charge < -0.3 is 15.1 Å². The van der Waals surface area contributed by atoms with E-state index < -0.39 is 0 Å². The molecule has 0 unspecified atom stereocenters. The Morgan fingerprint density at radius 1 is 0.943 bits per heavy atom. The summed E-state index contributed by atoms with van der Waals surface area (Å²) in [5, 5.41) is 5.13. The van der Waals surface area contributed by atoms with Crippen molar-refractivity contribution in [3.63, 3.8) is 0 Å². The first-order chi connectivity index (χ1) is 17.0. The maximum Gasteiger partial charge on any atom is 0.322 e. The van der Waals surface area contributed by atoms with Crippen LogP contribution in [0.4, 0.5) is 10.5 Å². The number of carbonyl (C=O) groups is 2. The molecule has 0 saturated heterocycles. The molecule has 0 spiro atoms. The number of anilines is 1. The van der Waals surface area contributed by atoms with Gasteiger partial charge >= 0.3 is 6.03 Å². The van der Waals surface area contributed by atoms with Crippen molar-refractivity contribution >= 4 is 29.0 Å². The summed E-state index contributed by atoms with van der Waals surface area (Å²) in [4.78, 5) is 32.0. The monoisotopic (exact) mass is 489 g/mol. The topological polar surface area (TPSA) is 52.7 Å². The summed E-state index contributed by atoms with van der Waals surface area (Å²) in [6, 6.07) is 20.0. The molecular weight excluding hydrogens is 454 g/mol. The molecule has 0 atom stereocenters. The molecule has 1 heterocycles. The van der Waals surface area contributed by atoms with Gasteiger partial charge in [-0.1, -0.05) is 73.4 Å². The van der Waals surface area contributed by atoms with Gasteiger partial charge in [-0.05, 0) is 55.3 Å². The predicted molar refractivity (Wildman–Crippen MR) is 144 cm³/mol. The average Bonchev–Trinajstić information content (AvgIpc) is 3.38. The first-order valence-electron chi connectivity index (χ1n) is 12.5. The van der Waals surface area contributed by atoms with Crippen LogP contribution in [0.1, 0.15) is 53.7 Å². The fraction of sp³-hybridized carbons (Fsp3) is 0.379. The standard InChI is InChI=1S/C29H35N3O2S/c1-22-15-16-27(23(2)18-22)30-29(34)32(25-12-7-4-8-13-25)21-28(33)31(20-26-14-9-17-35-26)19-24-10-5-3-6-11-24/h3,5-6,9-11,14-18,25H,4,7-8,12-13,19-21H2,1-2H3,(H,30,34). The predicted octanol–water partition coefficient (Wildman–Crippen LogP) is 6.76. The number of carbonyl (C=O) groups excluding carboxylic acids is 2. The lowest BCUT2D eigenvalue weighted by atomic mass is 9.94. The van der Waals surface area contributed by atoms with Crippen LogP contribution in [0.3, 0.4) is 0 Å². The fourth-order valence-corrected chi connectivity index (χ4v) is 5.49. The molecule has 1 N–H and O–H groups in total. The number of amides is 3. The fourth-order valence-electron chi connectivity index (χ4n) is 4.77. The molecule has 3 amide bonds. The lowest BCUT2D eigenvalue weighted by Crippen LogP contribution is -2.49. The van der Waals surface area contributed by atoms with Crippen molar-refractivity contribution in [3.8, 4) is 0 Å². The Kier molecular flexibility index (Phi) is 8.59. The zero-order valence-corrected chi connectivity index (χ0v) is 21.5. The van der Waals surface area contributed by atoms with Gasteiger partial charge in [0.05, 0.1) is 6.54 Å². The lowest BCUT2D eigenvalue weighted by Gasteiger charge is -2.35. The molecule has 1 aliphatic carbocycles. The molecule has 3 aromatic rings. The minimum atomic E-state index is -0.187. The second kappa shape index (κ2) is 12.0. The molecule has 35 heavy (non-hydrogen) atoms. The van der Waals surface area contributed by atoms with Gasteiger partial charge in [0, 0.05) is 23.2 Å². The van der Waals surface area contributed by atoms with Gasteiger partial charge in [0.2, 0.25) is 5.91 Å². The van der Waals surface area contributed by atoms with E-state index in [4.69, 9.17) is 0 Å². The molecule has 4 rings (SSSR count). The summed E-state index contributed by atoms with van der Waals surface area (Å²) in [6.45, 7) is 5.19. The van der Waals surface area contributed by atoms with Crippen LogP contribution in [0, 0.1) is 13.8 Å². The van der Waals surface area contributed by atoms with Crippen molar-refractivity contribution in [3.05, 3.63) is 87.6 Å². The van der Waals surface area contributed by atoms with E-state index in [0.717, 1.165) is 52.9 Å². The van der Waals surface area contributed by atoms with Crippen LogP contribution in [0.25, 0.3) is 0 Å². The maximum absolute atomic E-state index is 13.7. The van der Waals surface area contributed by atoms with Crippen molar-refractivity contribution in [2.75, 3.05) is 11.9 Å². The largest absolute Gasteiger partial charge is 0.332 e. The number of rotatable bonds is 8. The first kappa shape index (κ1) is 25.0. The van der Waals surface area contributed by atoms with Crippen LogP contribution in [-0.2, 0) is 17.9 Å². The van der Waals surface area contributed by atoms with Crippen molar-refractivity contribution in [2.45, 2.75) is 65.1 Å². The molecule has 5 nitrogen and oxygen atoms in total. The number of hydrogen-bond donors (Lipinski definition) is 1. The molecule has 1 fully saturated rings. The zero-order chi connectivity index (χ0) is 24.6. The SMILES string of the molecule is Cc1ccc(NC(=O)N(CC(=O)N(Cc2ccccc2)Cc2cccs2)C2CCCCC2)c(C)c1. The van der Waals surface area contributed by atoms with Crippen molar-refractivity contribution in [1.29, 1.82) is 0 Å².